The van der Waals surface area contributed by atoms with Crippen LogP contribution in [0.1, 0.15) is 29.2 Å². The van der Waals surface area contributed by atoms with Crippen molar-refractivity contribution in [2.75, 3.05) is 26.2 Å². The first-order valence-electron chi connectivity index (χ1n) is 11.6. The summed E-state index contributed by atoms with van der Waals surface area (Å²) < 4.78 is 0. The number of aromatic nitrogens is 1. The highest BCUT2D eigenvalue weighted by Gasteiger charge is 2.28. The number of fused-ring (bicyclic) bond motifs is 1. The quantitative estimate of drug-likeness (QED) is 0.404. The predicted octanol–water partition coefficient (Wildman–Crippen LogP) is 5.69. The summed E-state index contributed by atoms with van der Waals surface area (Å²) in [6, 6.07) is 27.1. The van der Waals surface area contributed by atoms with Gasteiger partial charge in [0.05, 0.1) is 6.04 Å². The number of para-hydroxylation sites is 1. The second-order valence-corrected chi connectivity index (χ2v) is 9.08. The van der Waals surface area contributed by atoms with Crippen LogP contribution in [-0.4, -0.2) is 46.9 Å². The van der Waals surface area contributed by atoms with Gasteiger partial charge in [-0.1, -0.05) is 72.3 Å². The van der Waals surface area contributed by atoms with Crippen molar-refractivity contribution < 1.29 is 4.79 Å². The van der Waals surface area contributed by atoms with E-state index < -0.39 is 0 Å². The van der Waals surface area contributed by atoms with Crippen LogP contribution in [0.15, 0.2) is 85.1 Å². The van der Waals surface area contributed by atoms with Crippen LogP contribution in [0.2, 0.25) is 5.02 Å². The zero-order chi connectivity index (χ0) is 22.6. The first-order chi connectivity index (χ1) is 16.2. The Morgan fingerprint density at radius 2 is 1.52 bits per heavy atom. The van der Waals surface area contributed by atoms with E-state index in [1.54, 1.807) is 0 Å². The van der Waals surface area contributed by atoms with Gasteiger partial charge in [-0.25, -0.2) is 0 Å². The Morgan fingerprint density at radius 1 is 0.848 bits per heavy atom. The minimum absolute atomic E-state index is 0.159. The number of amides is 1. The van der Waals surface area contributed by atoms with Crippen molar-refractivity contribution in [3.05, 3.63) is 107 Å². The molecule has 0 unspecified atom stereocenters. The lowest BCUT2D eigenvalue weighted by Crippen LogP contribution is -2.49. The third kappa shape index (κ3) is 4.82. The van der Waals surface area contributed by atoms with Crippen LogP contribution in [0.3, 0.4) is 0 Å². The zero-order valence-electron chi connectivity index (χ0n) is 18.6. The van der Waals surface area contributed by atoms with Gasteiger partial charge < -0.3 is 9.88 Å². The normalized spacial score (nSPS) is 15.6. The highest BCUT2D eigenvalue weighted by atomic mass is 35.5. The Bertz CT molecular complexity index is 1210. The summed E-state index contributed by atoms with van der Waals surface area (Å²) >= 11 is 6.14. The van der Waals surface area contributed by atoms with E-state index in [0.717, 1.165) is 43.1 Å². The maximum atomic E-state index is 13.0. The molecular weight excluding hydrogens is 430 g/mol. The van der Waals surface area contributed by atoms with Gasteiger partial charge in [0.1, 0.15) is 0 Å². The second kappa shape index (κ2) is 9.82. The van der Waals surface area contributed by atoms with Crippen LogP contribution in [0.25, 0.3) is 10.9 Å². The molecule has 3 aromatic carbocycles. The van der Waals surface area contributed by atoms with Gasteiger partial charge >= 0.3 is 0 Å². The summed E-state index contributed by atoms with van der Waals surface area (Å²) in [5.41, 5.74) is 4.83. The number of carbonyl (C=O) groups is 1. The number of aromatic amines is 1. The van der Waals surface area contributed by atoms with E-state index in [9.17, 15) is 4.79 Å². The van der Waals surface area contributed by atoms with Crippen molar-refractivity contribution in [2.24, 2.45) is 0 Å². The fraction of sp³-hybridized carbons (Fsp3) is 0.250. The van der Waals surface area contributed by atoms with Crippen molar-refractivity contribution in [1.82, 2.24) is 14.8 Å². The number of H-pyrrole nitrogens is 1. The molecule has 1 aliphatic heterocycles. The molecule has 1 atom stereocenters. The lowest BCUT2D eigenvalue weighted by molar-refractivity contribution is -0.133. The fourth-order valence-electron chi connectivity index (χ4n) is 4.86. The second-order valence-electron chi connectivity index (χ2n) is 8.64. The molecule has 5 heteroatoms. The molecule has 1 saturated heterocycles. The van der Waals surface area contributed by atoms with Gasteiger partial charge in [0, 0.05) is 54.7 Å². The first-order valence-corrected chi connectivity index (χ1v) is 11.9. The van der Waals surface area contributed by atoms with Crippen LogP contribution < -0.4 is 0 Å². The van der Waals surface area contributed by atoms with E-state index in [1.165, 1.54) is 22.1 Å². The predicted molar refractivity (Wildman–Crippen MR) is 135 cm³/mol. The largest absolute Gasteiger partial charge is 0.361 e. The van der Waals surface area contributed by atoms with Gasteiger partial charge in [-0.2, -0.15) is 0 Å². The molecule has 1 N–H and O–H groups in total. The number of nitrogens with one attached hydrogen (secondary N) is 1. The fourth-order valence-corrected chi connectivity index (χ4v) is 4.99. The SMILES string of the molecule is O=C(CCc1c[nH]c2ccccc12)N1CCN([C@H](c2ccccc2)c2ccc(Cl)cc2)CC1. The topological polar surface area (TPSA) is 39.3 Å². The maximum Gasteiger partial charge on any atom is 0.222 e. The summed E-state index contributed by atoms with van der Waals surface area (Å²) in [4.78, 5) is 20.8. The van der Waals surface area contributed by atoms with Gasteiger partial charge in [0.2, 0.25) is 5.91 Å². The molecule has 2 heterocycles. The van der Waals surface area contributed by atoms with Gasteiger partial charge in [0.15, 0.2) is 0 Å². The standard InChI is InChI=1S/C28H28ClN3O/c29-24-13-10-22(11-14-24)28(21-6-2-1-3-7-21)32-18-16-31(17-19-32)27(33)15-12-23-20-30-26-9-5-4-8-25(23)26/h1-11,13-14,20,28,30H,12,15-19H2/t28-/m1/s1. The highest BCUT2D eigenvalue weighted by Crippen LogP contribution is 2.30. The van der Waals surface area contributed by atoms with E-state index in [0.29, 0.717) is 6.42 Å². The minimum Gasteiger partial charge on any atom is -0.361 e. The summed E-state index contributed by atoms with van der Waals surface area (Å²) in [6.07, 6.45) is 3.34. The van der Waals surface area contributed by atoms with Crippen molar-refractivity contribution in [1.29, 1.82) is 0 Å². The van der Waals surface area contributed by atoms with Crippen molar-refractivity contribution >= 4 is 28.4 Å². The van der Waals surface area contributed by atoms with Gasteiger partial charge in [0.25, 0.3) is 0 Å². The van der Waals surface area contributed by atoms with Crippen molar-refractivity contribution in [2.45, 2.75) is 18.9 Å². The minimum atomic E-state index is 0.159. The Hall–Kier alpha value is -3.08. The molecule has 0 spiro atoms. The number of rotatable bonds is 6. The average Bonchev–Trinajstić information content (AvgIpc) is 3.28. The zero-order valence-corrected chi connectivity index (χ0v) is 19.3. The number of halogens is 1. The van der Waals surface area contributed by atoms with E-state index in [1.807, 2.05) is 41.4 Å². The third-order valence-corrected chi connectivity index (χ3v) is 6.87. The van der Waals surface area contributed by atoms with Crippen LogP contribution in [-0.2, 0) is 11.2 Å². The summed E-state index contributed by atoms with van der Waals surface area (Å²) in [7, 11) is 0. The van der Waals surface area contributed by atoms with E-state index in [-0.39, 0.29) is 11.9 Å². The molecule has 0 radical (unpaired) electrons. The Morgan fingerprint density at radius 3 is 2.27 bits per heavy atom. The van der Waals surface area contributed by atoms with Gasteiger partial charge in [-0.05, 0) is 41.3 Å². The third-order valence-electron chi connectivity index (χ3n) is 6.62. The number of hydrogen-bond donors (Lipinski definition) is 1. The molecule has 4 aromatic rings. The van der Waals surface area contributed by atoms with E-state index in [2.05, 4.69) is 58.4 Å². The van der Waals surface area contributed by atoms with Crippen LogP contribution >= 0.6 is 11.6 Å². The molecule has 1 amide bonds. The molecule has 1 aromatic heterocycles. The number of aryl methyl sites for hydroxylation is 1. The molecule has 0 aliphatic carbocycles. The Labute approximate surface area is 199 Å². The molecule has 168 valence electrons. The molecule has 4 nitrogen and oxygen atoms in total. The van der Waals surface area contributed by atoms with E-state index in [4.69, 9.17) is 11.6 Å². The Kier molecular flexibility index (Phi) is 6.47. The van der Waals surface area contributed by atoms with Crippen LogP contribution in [0.5, 0.6) is 0 Å². The first kappa shape index (κ1) is 21.7. The lowest BCUT2D eigenvalue weighted by atomic mass is 9.96. The number of piperazine rings is 1. The lowest BCUT2D eigenvalue weighted by Gasteiger charge is -2.40. The monoisotopic (exact) mass is 457 g/mol. The number of hydrogen-bond acceptors (Lipinski definition) is 2. The van der Waals surface area contributed by atoms with Crippen LogP contribution in [0.4, 0.5) is 0 Å². The summed E-state index contributed by atoms with van der Waals surface area (Å²) in [6.45, 7) is 3.20. The molecule has 33 heavy (non-hydrogen) atoms. The highest BCUT2D eigenvalue weighted by molar-refractivity contribution is 6.30. The smallest absolute Gasteiger partial charge is 0.222 e. The summed E-state index contributed by atoms with van der Waals surface area (Å²) in [5, 5.41) is 1.96. The van der Waals surface area contributed by atoms with Crippen molar-refractivity contribution in [3.8, 4) is 0 Å². The van der Waals surface area contributed by atoms with Gasteiger partial charge in [-0.3, -0.25) is 9.69 Å². The summed E-state index contributed by atoms with van der Waals surface area (Å²) in [5.74, 6) is 0.239. The number of benzene rings is 3. The molecule has 0 bridgehead atoms. The average molecular weight is 458 g/mol. The molecular formula is C28H28ClN3O. The molecule has 5 rings (SSSR count). The maximum absolute atomic E-state index is 13.0. The molecule has 1 fully saturated rings. The van der Waals surface area contributed by atoms with Crippen molar-refractivity contribution in [3.63, 3.8) is 0 Å². The molecule has 1 aliphatic rings. The number of nitrogens with zero attached hydrogens (tertiary/aromatic N) is 2. The van der Waals surface area contributed by atoms with Crippen LogP contribution in [0, 0.1) is 0 Å². The van der Waals surface area contributed by atoms with E-state index >= 15 is 0 Å². The molecule has 0 saturated carbocycles. The Balaban J connectivity index is 1.24. The number of carbonyl (C=O) groups excluding carboxylic acids is 1. The van der Waals surface area contributed by atoms with Gasteiger partial charge in [-0.15, -0.1) is 0 Å².